The zero-order chi connectivity index (χ0) is 35.0. The Morgan fingerprint density at radius 2 is 1.53 bits per heavy atom. The third kappa shape index (κ3) is 7.29. The molecule has 0 aliphatic carbocycles. The molecule has 0 bridgehead atoms. The summed E-state index contributed by atoms with van der Waals surface area (Å²) >= 11 is 1.75. The van der Waals surface area contributed by atoms with Crippen molar-refractivity contribution in [1.82, 2.24) is 4.98 Å². The van der Waals surface area contributed by atoms with Gasteiger partial charge in [-0.3, -0.25) is 9.78 Å². The molecule has 0 fully saturated rings. The van der Waals surface area contributed by atoms with Crippen molar-refractivity contribution in [3.8, 4) is 11.3 Å². The van der Waals surface area contributed by atoms with E-state index in [1.165, 1.54) is 32.7 Å². The number of rotatable bonds is 8. The molecule has 4 nitrogen and oxygen atoms in total. The molecule has 0 atom stereocenters. The Morgan fingerprint density at radius 1 is 0.898 bits per heavy atom. The predicted octanol–water partition coefficient (Wildman–Crippen LogP) is 13.1. The topological polar surface area (TPSA) is 63.3 Å². The molecule has 0 unspecified atom stereocenters. The quantitative estimate of drug-likeness (QED) is 0.0941. The zero-order valence-corrected chi connectivity index (χ0v) is 33.8. The summed E-state index contributed by atoms with van der Waals surface area (Å²) in [5.74, 6) is 0.286. The van der Waals surface area contributed by atoms with Crippen molar-refractivity contribution < 1.29 is 34.4 Å². The number of carbonyl (C=O) groups excluding carboxylic acids is 1. The maximum absolute atomic E-state index is 12.2. The van der Waals surface area contributed by atoms with Gasteiger partial charge in [0.05, 0.1) is 4.70 Å². The van der Waals surface area contributed by atoms with E-state index >= 15 is 0 Å². The fraction of sp³-hybridized carbons (Fsp3) is 0.395. The van der Waals surface area contributed by atoms with E-state index in [1.54, 1.807) is 11.3 Å². The van der Waals surface area contributed by atoms with Gasteiger partial charge in [0.2, 0.25) is 0 Å². The molecule has 3 aromatic heterocycles. The second kappa shape index (κ2) is 14.9. The Hall–Kier alpha value is -3.31. The van der Waals surface area contributed by atoms with E-state index in [2.05, 4.69) is 81.6 Å². The molecular weight excluding hydrogens is 803 g/mol. The standard InChI is InChI=1S/C28H22NOS.C15H28O2.Ir/c1-16-15-31-27-19(16)9-10-21-24-23(30-26(21)27)11-12-29-25(24)18-13-17-7-5-6-8-20(17)22(14-18)28(2,3)4;1-7-14(5,8-2)12(16)11-13(17)15(6,9-3)10-4;/h5-12,14-15H,1-4H3;11,16H,7-10H2,1-6H3;/q-1;;/b;12-11-;. The first kappa shape index (κ1) is 38.5. The first-order valence-corrected chi connectivity index (χ1v) is 18.2. The van der Waals surface area contributed by atoms with Crippen LogP contribution in [-0.2, 0) is 30.3 Å². The van der Waals surface area contributed by atoms with Crippen LogP contribution in [0, 0.1) is 23.8 Å². The van der Waals surface area contributed by atoms with E-state index in [4.69, 9.17) is 9.40 Å². The Labute approximate surface area is 309 Å². The van der Waals surface area contributed by atoms with Gasteiger partial charge in [0.25, 0.3) is 0 Å². The molecule has 261 valence electrons. The van der Waals surface area contributed by atoms with Gasteiger partial charge in [-0.1, -0.05) is 104 Å². The van der Waals surface area contributed by atoms with Crippen LogP contribution < -0.4 is 0 Å². The van der Waals surface area contributed by atoms with Gasteiger partial charge in [-0.25, -0.2) is 0 Å². The van der Waals surface area contributed by atoms with Gasteiger partial charge >= 0.3 is 0 Å². The van der Waals surface area contributed by atoms with Crippen molar-refractivity contribution in [2.45, 2.75) is 100 Å². The van der Waals surface area contributed by atoms with E-state index in [0.29, 0.717) is 0 Å². The molecule has 3 heterocycles. The van der Waals surface area contributed by atoms with Crippen LogP contribution in [0.25, 0.3) is 54.1 Å². The first-order chi connectivity index (χ1) is 22.7. The van der Waals surface area contributed by atoms with Gasteiger partial charge in [-0.05, 0) is 60.4 Å². The number of aliphatic hydroxyl groups excluding tert-OH is 1. The van der Waals surface area contributed by atoms with Gasteiger partial charge in [-0.15, -0.1) is 40.5 Å². The van der Waals surface area contributed by atoms with E-state index < -0.39 is 0 Å². The molecule has 6 aromatic rings. The third-order valence-electron chi connectivity index (χ3n) is 10.7. The number of aromatic nitrogens is 1. The predicted molar refractivity (Wildman–Crippen MR) is 205 cm³/mol. The largest absolute Gasteiger partial charge is 0.512 e. The van der Waals surface area contributed by atoms with Gasteiger partial charge in [0, 0.05) is 59.7 Å². The number of pyridine rings is 1. The smallest absolute Gasteiger partial charge is 0.164 e. The number of aryl methyl sites for hydroxylation is 1. The molecule has 1 radical (unpaired) electrons. The van der Waals surface area contributed by atoms with Crippen molar-refractivity contribution in [3.63, 3.8) is 0 Å². The van der Waals surface area contributed by atoms with Gasteiger partial charge < -0.3 is 9.52 Å². The molecule has 0 aliphatic rings. The fourth-order valence-electron chi connectivity index (χ4n) is 6.26. The molecule has 6 heteroatoms. The number of aliphatic hydroxyl groups is 1. The number of hydrogen-bond donors (Lipinski definition) is 1. The number of carbonyl (C=O) groups is 1. The molecule has 6 rings (SSSR count). The van der Waals surface area contributed by atoms with E-state index in [9.17, 15) is 9.90 Å². The van der Waals surface area contributed by atoms with Gasteiger partial charge in [0.15, 0.2) is 11.4 Å². The maximum atomic E-state index is 12.2. The second-order valence-electron chi connectivity index (χ2n) is 14.7. The van der Waals surface area contributed by atoms with Gasteiger partial charge in [0.1, 0.15) is 11.3 Å². The molecule has 0 spiro atoms. The Kier molecular flexibility index (Phi) is 11.7. The Bertz CT molecular complexity index is 2140. The summed E-state index contributed by atoms with van der Waals surface area (Å²) in [5, 5.41) is 18.1. The number of allylic oxidation sites excluding steroid dienone is 2. The molecule has 49 heavy (non-hydrogen) atoms. The zero-order valence-electron chi connectivity index (χ0n) is 30.6. The summed E-state index contributed by atoms with van der Waals surface area (Å²) in [6, 6.07) is 20.8. The average Bonchev–Trinajstić information content (AvgIpc) is 3.67. The summed E-state index contributed by atoms with van der Waals surface area (Å²) in [6.07, 6.45) is 6.60. The van der Waals surface area contributed by atoms with Crippen LogP contribution in [0.15, 0.2) is 76.4 Å². The van der Waals surface area contributed by atoms with Crippen LogP contribution in [0.3, 0.4) is 0 Å². The fourth-order valence-corrected chi connectivity index (χ4v) is 7.30. The van der Waals surface area contributed by atoms with Crippen LogP contribution in [0.5, 0.6) is 0 Å². The number of fused-ring (bicyclic) bond motifs is 6. The number of benzene rings is 3. The van der Waals surface area contributed by atoms with Crippen molar-refractivity contribution in [2.24, 2.45) is 10.8 Å². The SMILES string of the molecule is CCC(C)(CC)C(=O)/C=C(\O)C(C)(CC)CC.Cc1csc2c1ccc1c2oc2ccnc(-c3[c-]c4ccccc4c(C(C)(C)C)c3)c21.[Ir]. The molecule has 0 saturated heterocycles. The van der Waals surface area contributed by atoms with Crippen molar-refractivity contribution >= 4 is 59.9 Å². The van der Waals surface area contributed by atoms with E-state index in [-0.39, 0.29) is 47.9 Å². The molecule has 1 N–H and O–H groups in total. The van der Waals surface area contributed by atoms with Crippen LogP contribution in [0.2, 0.25) is 0 Å². The van der Waals surface area contributed by atoms with Gasteiger partial charge in [-0.2, -0.15) is 0 Å². The van der Waals surface area contributed by atoms with Crippen LogP contribution in [0.4, 0.5) is 0 Å². The van der Waals surface area contributed by atoms with Crippen molar-refractivity contribution in [1.29, 1.82) is 0 Å². The summed E-state index contributed by atoms with van der Waals surface area (Å²) in [5.41, 5.74) is 5.77. The van der Waals surface area contributed by atoms with Crippen LogP contribution >= 0.6 is 11.3 Å². The molecule has 3 aromatic carbocycles. The first-order valence-electron chi connectivity index (χ1n) is 17.3. The summed E-state index contributed by atoms with van der Waals surface area (Å²) in [7, 11) is 0. The monoisotopic (exact) mass is 853 g/mol. The number of nitrogens with zero attached hydrogens (tertiary/aromatic N) is 1. The maximum Gasteiger partial charge on any atom is 0.164 e. The minimum absolute atomic E-state index is 0. The summed E-state index contributed by atoms with van der Waals surface area (Å²) in [4.78, 5) is 17.0. The van der Waals surface area contributed by atoms with E-state index in [1.807, 2.05) is 53.8 Å². The van der Waals surface area contributed by atoms with Crippen molar-refractivity contribution in [3.05, 3.63) is 89.1 Å². The number of thiophene rings is 1. The number of hydrogen-bond acceptors (Lipinski definition) is 5. The third-order valence-corrected chi connectivity index (χ3v) is 11.8. The Balaban J connectivity index is 0.000000260. The van der Waals surface area contributed by atoms with Crippen LogP contribution in [-0.4, -0.2) is 15.9 Å². The minimum atomic E-state index is -0.337. The van der Waals surface area contributed by atoms with Crippen molar-refractivity contribution in [2.75, 3.05) is 0 Å². The normalized spacial score (nSPS) is 12.7. The average molecular weight is 853 g/mol. The summed E-state index contributed by atoms with van der Waals surface area (Å²) < 4.78 is 7.59. The second-order valence-corrected chi connectivity index (χ2v) is 15.6. The molecular formula is C43H50IrNO3S-. The molecule has 0 aliphatic heterocycles. The summed E-state index contributed by atoms with van der Waals surface area (Å²) in [6.45, 7) is 21.0. The minimum Gasteiger partial charge on any atom is -0.512 e. The molecule has 0 saturated carbocycles. The number of furan rings is 1. The molecule has 0 amide bonds. The number of ketones is 1. The Morgan fingerprint density at radius 3 is 2.16 bits per heavy atom. The van der Waals surface area contributed by atoms with E-state index in [0.717, 1.165) is 64.3 Å². The van der Waals surface area contributed by atoms with Crippen LogP contribution in [0.1, 0.15) is 99.1 Å².